The van der Waals surface area contributed by atoms with Gasteiger partial charge in [-0.3, -0.25) is 0 Å². The Morgan fingerprint density at radius 3 is 3.06 bits per heavy atom. The quantitative estimate of drug-likeness (QED) is 0.644. The predicted molar refractivity (Wildman–Crippen MR) is 60.1 cm³/mol. The van der Waals surface area contributed by atoms with Gasteiger partial charge in [-0.1, -0.05) is 6.07 Å². The minimum absolute atomic E-state index is 0.0769. The van der Waals surface area contributed by atoms with E-state index in [-0.39, 0.29) is 24.0 Å². The van der Waals surface area contributed by atoms with E-state index in [4.69, 9.17) is 15.2 Å². The van der Waals surface area contributed by atoms with Crippen molar-refractivity contribution in [2.45, 2.75) is 18.9 Å². The lowest BCUT2D eigenvalue weighted by atomic mass is 10.1. The predicted octanol–water partition coefficient (Wildman–Crippen LogP) is 1.74. The highest BCUT2D eigenvalue weighted by Crippen LogP contribution is 2.18. The average Bonchev–Trinajstić information content (AvgIpc) is 2.79. The summed E-state index contributed by atoms with van der Waals surface area (Å²) in [6.45, 7) is 0.830. The number of anilines is 1. The van der Waals surface area contributed by atoms with E-state index in [0.717, 1.165) is 12.8 Å². The third kappa shape index (κ3) is 2.74. The van der Waals surface area contributed by atoms with Crippen molar-refractivity contribution in [1.82, 2.24) is 0 Å². The van der Waals surface area contributed by atoms with Crippen molar-refractivity contribution in [2.24, 2.45) is 0 Å². The molecule has 4 nitrogen and oxygen atoms in total. The molecule has 1 saturated heterocycles. The minimum Gasteiger partial charge on any atom is -0.459 e. The zero-order valence-corrected chi connectivity index (χ0v) is 9.32. The number of esters is 1. The third-order valence-corrected chi connectivity index (χ3v) is 2.67. The number of carbonyl (C=O) groups is 1. The molecule has 1 unspecified atom stereocenters. The molecular weight excluding hydrogens is 225 g/mol. The van der Waals surface area contributed by atoms with Crippen molar-refractivity contribution in [3.05, 3.63) is 29.6 Å². The van der Waals surface area contributed by atoms with E-state index in [2.05, 4.69) is 0 Å². The van der Waals surface area contributed by atoms with Crippen LogP contribution in [0.25, 0.3) is 0 Å². The molecule has 0 amide bonds. The highest BCUT2D eigenvalue weighted by atomic mass is 19.1. The van der Waals surface area contributed by atoms with Crippen LogP contribution in [0.2, 0.25) is 0 Å². The van der Waals surface area contributed by atoms with E-state index >= 15 is 0 Å². The van der Waals surface area contributed by atoms with Gasteiger partial charge in [-0.25, -0.2) is 9.18 Å². The summed E-state index contributed by atoms with van der Waals surface area (Å²) in [5.74, 6) is -1.40. The summed E-state index contributed by atoms with van der Waals surface area (Å²) in [7, 11) is 0. The van der Waals surface area contributed by atoms with Crippen LogP contribution in [0.15, 0.2) is 18.2 Å². The number of halogens is 1. The molecule has 0 radical (unpaired) electrons. The van der Waals surface area contributed by atoms with Gasteiger partial charge in [-0.05, 0) is 25.0 Å². The summed E-state index contributed by atoms with van der Waals surface area (Å²) in [6.07, 6.45) is 1.75. The van der Waals surface area contributed by atoms with E-state index in [1.165, 1.54) is 18.2 Å². The molecule has 17 heavy (non-hydrogen) atoms. The first kappa shape index (κ1) is 11.9. The molecule has 5 heteroatoms. The van der Waals surface area contributed by atoms with E-state index < -0.39 is 11.8 Å². The SMILES string of the molecule is Nc1cccc(F)c1C(=O)OCC1CCCO1. The van der Waals surface area contributed by atoms with E-state index in [1.807, 2.05) is 0 Å². The maximum Gasteiger partial charge on any atom is 0.343 e. The van der Waals surface area contributed by atoms with Gasteiger partial charge in [0.25, 0.3) is 0 Å². The molecule has 0 spiro atoms. The van der Waals surface area contributed by atoms with Gasteiger partial charge in [-0.15, -0.1) is 0 Å². The summed E-state index contributed by atoms with van der Waals surface area (Å²) in [5.41, 5.74) is 5.42. The number of nitrogen functional groups attached to an aromatic ring is 1. The highest BCUT2D eigenvalue weighted by Gasteiger charge is 2.21. The van der Waals surface area contributed by atoms with Gasteiger partial charge in [0.05, 0.1) is 6.10 Å². The monoisotopic (exact) mass is 239 g/mol. The Morgan fingerprint density at radius 1 is 1.59 bits per heavy atom. The number of hydrogen-bond acceptors (Lipinski definition) is 4. The molecule has 2 rings (SSSR count). The zero-order valence-electron chi connectivity index (χ0n) is 9.32. The summed E-state index contributed by atoms with van der Waals surface area (Å²) in [6, 6.07) is 4.09. The first-order valence-corrected chi connectivity index (χ1v) is 5.51. The molecule has 0 aliphatic carbocycles. The Morgan fingerprint density at radius 2 is 2.41 bits per heavy atom. The largest absolute Gasteiger partial charge is 0.459 e. The second-order valence-electron chi connectivity index (χ2n) is 3.94. The summed E-state index contributed by atoms with van der Waals surface area (Å²) >= 11 is 0. The second kappa shape index (κ2) is 5.14. The Balaban J connectivity index is 1.99. The van der Waals surface area contributed by atoms with Gasteiger partial charge in [0.15, 0.2) is 0 Å². The lowest BCUT2D eigenvalue weighted by Gasteiger charge is -2.11. The van der Waals surface area contributed by atoms with Crippen molar-refractivity contribution in [2.75, 3.05) is 18.9 Å². The number of hydrogen-bond donors (Lipinski definition) is 1. The molecule has 0 aromatic heterocycles. The van der Waals surface area contributed by atoms with Gasteiger partial charge in [0.2, 0.25) is 0 Å². The normalized spacial score (nSPS) is 19.2. The molecule has 1 aliphatic rings. The lowest BCUT2D eigenvalue weighted by Crippen LogP contribution is -2.19. The van der Waals surface area contributed by atoms with Gasteiger partial charge in [-0.2, -0.15) is 0 Å². The Labute approximate surface area is 98.5 Å². The van der Waals surface area contributed by atoms with Crippen molar-refractivity contribution >= 4 is 11.7 Å². The van der Waals surface area contributed by atoms with Crippen LogP contribution in [0.4, 0.5) is 10.1 Å². The second-order valence-corrected chi connectivity index (χ2v) is 3.94. The maximum absolute atomic E-state index is 13.4. The fourth-order valence-corrected chi connectivity index (χ4v) is 1.77. The molecule has 1 aromatic carbocycles. The number of ether oxygens (including phenoxy) is 2. The van der Waals surface area contributed by atoms with Crippen LogP contribution in [0.1, 0.15) is 23.2 Å². The molecular formula is C12H14FNO3. The molecule has 1 fully saturated rings. The Kier molecular flexibility index (Phi) is 3.58. The highest BCUT2D eigenvalue weighted by molar-refractivity contribution is 5.95. The number of carbonyl (C=O) groups excluding carboxylic acids is 1. The molecule has 0 bridgehead atoms. The molecule has 1 aliphatic heterocycles. The topological polar surface area (TPSA) is 61.6 Å². The summed E-state index contributed by atoms with van der Waals surface area (Å²) in [5, 5.41) is 0. The van der Waals surface area contributed by atoms with Crippen molar-refractivity contribution in [3.8, 4) is 0 Å². The van der Waals surface area contributed by atoms with Crippen LogP contribution >= 0.6 is 0 Å². The van der Waals surface area contributed by atoms with Gasteiger partial charge in [0, 0.05) is 12.3 Å². The van der Waals surface area contributed by atoms with Crippen LogP contribution in [0.3, 0.4) is 0 Å². The first-order chi connectivity index (χ1) is 8.18. The molecule has 92 valence electrons. The number of rotatable bonds is 3. The standard InChI is InChI=1S/C12H14FNO3/c13-9-4-1-5-10(14)11(9)12(15)17-7-8-3-2-6-16-8/h1,4-5,8H,2-3,6-7,14H2. The van der Waals surface area contributed by atoms with E-state index in [0.29, 0.717) is 6.61 Å². The number of nitrogens with two attached hydrogens (primary N) is 1. The van der Waals surface area contributed by atoms with Crippen molar-refractivity contribution in [1.29, 1.82) is 0 Å². The lowest BCUT2D eigenvalue weighted by molar-refractivity contribution is 0.0158. The van der Waals surface area contributed by atoms with Crippen molar-refractivity contribution < 1.29 is 18.7 Å². The van der Waals surface area contributed by atoms with Crippen molar-refractivity contribution in [3.63, 3.8) is 0 Å². The Bertz CT molecular complexity index is 396. The smallest absolute Gasteiger partial charge is 0.343 e. The fourth-order valence-electron chi connectivity index (χ4n) is 1.77. The fraction of sp³-hybridized carbons (Fsp3) is 0.417. The number of benzene rings is 1. The van der Waals surface area contributed by atoms with Crippen LogP contribution in [-0.4, -0.2) is 25.3 Å². The summed E-state index contributed by atoms with van der Waals surface area (Å²) in [4.78, 5) is 11.6. The molecule has 1 aromatic rings. The third-order valence-electron chi connectivity index (χ3n) is 2.67. The average molecular weight is 239 g/mol. The zero-order chi connectivity index (χ0) is 12.3. The molecule has 0 saturated carbocycles. The van der Waals surface area contributed by atoms with Crippen LogP contribution in [0, 0.1) is 5.82 Å². The van der Waals surface area contributed by atoms with Crippen LogP contribution in [0.5, 0.6) is 0 Å². The molecule has 1 atom stereocenters. The van der Waals surface area contributed by atoms with Crippen LogP contribution < -0.4 is 5.73 Å². The van der Waals surface area contributed by atoms with Gasteiger partial charge < -0.3 is 15.2 Å². The van der Waals surface area contributed by atoms with E-state index in [1.54, 1.807) is 0 Å². The van der Waals surface area contributed by atoms with E-state index in [9.17, 15) is 9.18 Å². The van der Waals surface area contributed by atoms with Gasteiger partial charge >= 0.3 is 5.97 Å². The summed E-state index contributed by atoms with van der Waals surface area (Å²) < 4.78 is 23.7. The van der Waals surface area contributed by atoms with Crippen LogP contribution in [-0.2, 0) is 9.47 Å². The Hall–Kier alpha value is -1.62. The minimum atomic E-state index is -0.740. The maximum atomic E-state index is 13.4. The first-order valence-electron chi connectivity index (χ1n) is 5.51. The molecule has 1 heterocycles. The molecule has 2 N–H and O–H groups in total. The van der Waals surface area contributed by atoms with Gasteiger partial charge in [0.1, 0.15) is 18.0 Å².